The highest BCUT2D eigenvalue weighted by Crippen LogP contribution is 2.44. The topological polar surface area (TPSA) is 29.3 Å². The number of hydrogen-bond acceptors (Lipinski definition) is 2. The highest BCUT2D eigenvalue weighted by Gasteiger charge is 2.48. The van der Waals surface area contributed by atoms with Gasteiger partial charge in [0.1, 0.15) is 0 Å². The molecule has 2 heteroatoms. The maximum Gasteiger partial charge on any atom is 0.0362 e. The van der Waals surface area contributed by atoms with Crippen LogP contribution in [-0.2, 0) is 0 Å². The first-order valence-electron chi connectivity index (χ1n) is 7.96. The van der Waals surface area contributed by atoms with Crippen molar-refractivity contribution in [3.05, 3.63) is 0 Å². The Balaban J connectivity index is 2.22. The molecule has 0 bridgehead atoms. The highest BCUT2D eigenvalue weighted by atomic mass is 15.2. The van der Waals surface area contributed by atoms with E-state index in [9.17, 15) is 0 Å². The Kier molecular flexibility index (Phi) is 4.38. The van der Waals surface area contributed by atoms with E-state index in [0.717, 1.165) is 30.2 Å². The summed E-state index contributed by atoms with van der Waals surface area (Å²) in [5.41, 5.74) is 6.61. The molecule has 1 aliphatic heterocycles. The predicted molar refractivity (Wildman–Crippen MR) is 78.5 cm³/mol. The maximum absolute atomic E-state index is 6.30. The van der Waals surface area contributed by atoms with Crippen LogP contribution in [0.25, 0.3) is 0 Å². The summed E-state index contributed by atoms with van der Waals surface area (Å²) in [6.07, 6.45) is 5.49. The molecule has 18 heavy (non-hydrogen) atoms. The van der Waals surface area contributed by atoms with Gasteiger partial charge in [-0.3, -0.25) is 4.90 Å². The molecule has 2 fully saturated rings. The van der Waals surface area contributed by atoms with Crippen LogP contribution < -0.4 is 5.73 Å². The predicted octanol–water partition coefficient (Wildman–Crippen LogP) is 3.12. The first-order valence-corrected chi connectivity index (χ1v) is 7.96. The number of rotatable bonds is 3. The minimum atomic E-state index is 0.311. The first kappa shape index (κ1) is 14.3. The summed E-state index contributed by atoms with van der Waals surface area (Å²) in [7, 11) is 0. The molecule has 0 amide bonds. The molecule has 2 aliphatic rings. The molecule has 2 N–H and O–H groups in total. The van der Waals surface area contributed by atoms with E-state index in [1.54, 1.807) is 0 Å². The molecule has 1 saturated carbocycles. The molecule has 4 unspecified atom stereocenters. The molecule has 0 aromatic rings. The average Bonchev–Trinajstić information content (AvgIpc) is 2.69. The molecule has 2 rings (SSSR count). The average molecular weight is 252 g/mol. The third-order valence-electron chi connectivity index (χ3n) is 5.84. The van der Waals surface area contributed by atoms with E-state index in [1.807, 2.05) is 0 Å². The Hall–Kier alpha value is -0.0800. The number of hydrogen-bond donors (Lipinski definition) is 1. The molecule has 106 valence electrons. The van der Waals surface area contributed by atoms with E-state index >= 15 is 0 Å². The van der Waals surface area contributed by atoms with Crippen LogP contribution in [0.1, 0.15) is 53.4 Å². The zero-order valence-corrected chi connectivity index (χ0v) is 12.8. The van der Waals surface area contributed by atoms with Crippen LogP contribution in [0.4, 0.5) is 0 Å². The molecule has 0 aromatic carbocycles. The summed E-state index contributed by atoms with van der Waals surface area (Å²) in [6.45, 7) is 13.0. The summed E-state index contributed by atoms with van der Waals surface area (Å²) in [6, 6.07) is 0. The van der Waals surface area contributed by atoms with Crippen molar-refractivity contribution in [3.63, 3.8) is 0 Å². The molecule has 4 atom stereocenters. The SMILES string of the molecule is CC(C)C1CCCCC1(CN)N1CC(C)C(C)C1. The largest absolute Gasteiger partial charge is 0.329 e. The van der Waals surface area contributed by atoms with Crippen molar-refractivity contribution in [2.75, 3.05) is 19.6 Å². The molecule has 1 saturated heterocycles. The van der Waals surface area contributed by atoms with Crippen LogP contribution in [-0.4, -0.2) is 30.1 Å². The van der Waals surface area contributed by atoms with Crippen LogP contribution in [0.3, 0.4) is 0 Å². The molecule has 1 aliphatic carbocycles. The van der Waals surface area contributed by atoms with Crippen LogP contribution in [0.2, 0.25) is 0 Å². The monoisotopic (exact) mass is 252 g/mol. The number of likely N-dealkylation sites (tertiary alicyclic amines) is 1. The van der Waals surface area contributed by atoms with Crippen molar-refractivity contribution >= 4 is 0 Å². The van der Waals surface area contributed by atoms with Gasteiger partial charge in [0.25, 0.3) is 0 Å². The molecule has 0 aromatic heterocycles. The van der Waals surface area contributed by atoms with E-state index in [1.165, 1.54) is 38.8 Å². The van der Waals surface area contributed by atoms with Crippen molar-refractivity contribution in [2.45, 2.75) is 58.9 Å². The van der Waals surface area contributed by atoms with Gasteiger partial charge in [0, 0.05) is 25.2 Å². The molecule has 1 heterocycles. The molecule has 2 nitrogen and oxygen atoms in total. The van der Waals surface area contributed by atoms with Gasteiger partial charge in [-0.1, -0.05) is 40.5 Å². The second-order valence-corrected chi connectivity index (χ2v) is 7.26. The van der Waals surface area contributed by atoms with Crippen LogP contribution in [0.15, 0.2) is 0 Å². The normalized spacial score (nSPS) is 42.7. The number of nitrogens with zero attached hydrogens (tertiary/aromatic N) is 1. The fourth-order valence-corrected chi connectivity index (χ4v) is 4.47. The van der Waals surface area contributed by atoms with Gasteiger partial charge in [0.05, 0.1) is 0 Å². The van der Waals surface area contributed by atoms with Gasteiger partial charge in [-0.15, -0.1) is 0 Å². The first-order chi connectivity index (χ1) is 8.51. The lowest BCUT2D eigenvalue weighted by atomic mass is 9.67. The minimum Gasteiger partial charge on any atom is -0.329 e. The van der Waals surface area contributed by atoms with Gasteiger partial charge in [-0.05, 0) is 36.5 Å². The summed E-state index contributed by atoms with van der Waals surface area (Å²) >= 11 is 0. The minimum absolute atomic E-state index is 0.311. The summed E-state index contributed by atoms with van der Waals surface area (Å²) < 4.78 is 0. The fourth-order valence-electron chi connectivity index (χ4n) is 4.47. The smallest absolute Gasteiger partial charge is 0.0362 e. The Morgan fingerprint density at radius 2 is 1.78 bits per heavy atom. The third kappa shape index (κ3) is 2.34. The summed E-state index contributed by atoms with van der Waals surface area (Å²) in [5.74, 6) is 3.24. The lowest BCUT2D eigenvalue weighted by molar-refractivity contribution is -0.00178. The van der Waals surface area contributed by atoms with E-state index in [-0.39, 0.29) is 0 Å². The van der Waals surface area contributed by atoms with Gasteiger partial charge in [-0.2, -0.15) is 0 Å². The quantitative estimate of drug-likeness (QED) is 0.836. The summed E-state index contributed by atoms with van der Waals surface area (Å²) in [4.78, 5) is 2.77. The Bertz CT molecular complexity index is 266. The van der Waals surface area contributed by atoms with Gasteiger partial charge in [-0.25, -0.2) is 0 Å². The second kappa shape index (κ2) is 5.50. The van der Waals surface area contributed by atoms with Crippen molar-refractivity contribution in [1.29, 1.82) is 0 Å². The van der Waals surface area contributed by atoms with Crippen LogP contribution in [0, 0.1) is 23.7 Å². The summed E-state index contributed by atoms with van der Waals surface area (Å²) in [5, 5.41) is 0. The van der Waals surface area contributed by atoms with Crippen molar-refractivity contribution in [3.8, 4) is 0 Å². The third-order valence-corrected chi connectivity index (χ3v) is 5.84. The Labute approximate surface area is 113 Å². The van der Waals surface area contributed by atoms with Crippen molar-refractivity contribution in [2.24, 2.45) is 29.4 Å². The van der Waals surface area contributed by atoms with E-state index in [2.05, 4.69) is 32.6 Å². The molecule has 0 spiro atoms. The van der Waals surface area contributed by atoms with Gasteiger partial charge in [0.15, 0.2) is 0 Å². The van der Waals surface area contributed by atoms with Crippen molar-refractivity contribution < 1.29 is 0 Å². The fraction of sp³-hybridized carbons (Fsp3) is 1.00. The van der Waals surface area contributed by atoms with E-state index in [4.69, 9.17) is 5.73 Å². The Morgan fingerprint density at radius 3 is 2.28 bits per heavy atom. The van der Waals surface area contributed by atoms with Gasteiger partial charge >= 0.3 is 0 Å². The Morgan fingerprint density at radius 1 is 1.17 bits per heavy atom. The van der Waals surface area contributed by atoms with Gasteiger partial charge in [0.2, 0.25) is 0 Å². The van der Waals surface area contributed by atoms with E-state index in [0.29, 0.717) is 5.54 Å². The number of nitrogens with two attached hydrogens (primary N) is 1. The lowest BCUT2D eigenvalue weighted by Crippen LogP contribution is -2.60. The maximum atomic E-state index is 6.30. The molecular weight excluding hydrogens is 220 g/mol. The highest BCUT2D eigenvalue weighted by molar-refractivity contribution is 5.03. The van der Waals surface area contributed by atoms with Gasteiger partial charge < -0.3 is 5.73 Å². The molecule has 0 radical (unpaired) electrons. The zero-order chi connectivity index (χ0) is 13.3. The lowest BCUT2D eigenvalue weighted by Gasteiger charge is -2.51. The van der Waals surface area contributed by atoms with Crippen LogP contribution >= 0.6 is 0 Å². The standard InChI is InChI=1S/C16H32N2/c1-12(2)15-7-5-6-8-16(15,11-17)18-9-13(3)14(4)10-18/h12-15H,5-11,17H2,1-4H3. The zero-order valence-electron chi connectivity index (χ0n) is 12.8. The van der Waals surface area contributed by atoms with E-state index < -0.39 is 0 Å². The molecular formula is C16H32N2. The van der Waals surface area contributed by atoms with Crippen LogP contribution in [0.5, 0.6) is 0 Å². The second-order valence-electron chi connectivity index (χ2n) is 7.26. The van der Waals surface area contributed by atoms with Crippen molar-refractivity contribution in [1.82, 2.24) is 4.90 Å².